The summed E-state index contributed by atoms with van der Waals surface area (Å²) in [4.78, 5) is 24.5. The van der Waals surface area contributed by atoms with Gasteiger partial charge in [-0.25, -0.2) is 0 Å². The summed E-state index contributed by atoms with van der Waals surface area (Å²) in [5, 5.41) is 23.0. The van der Waals surface area contributed by atoms with Crippen LogP contribution >= 0.6 is 0 Å². The highest BCUT2D eigenvalue weighted by Gasteiger charge is 2.18. The number of amides is 1. The molecule has 0 saturated heterocycles. The number of aliphatic hydroxyl groups is 2. The van der Waals surface area contributed by atoms with Crippen LogP contribution in [0.1, 0.15) is 296 Å². The summed E-state index contributed by atoms with van der Waals surface area (Å²) in [5.41, 5.74) is 0. The van der Waals surface area contributed by atoms with E-state index >= 15 is 0 Å². The molecule has 0 heterocycles. The molecule has 1 amide bonds. The highest BCUT2D eigenvalue weighted by molar-refractivity contribution is 5.76. The first-order chi connectivity index (χ1) is 30.5. The maximum atomic E-state index is 12.4. The van der Waals surface area contributed by atoms with Crippen LogP contribution in [0, 0.1) is 0 Å². The molecule has 0 spiro atoms. The van der Waals surface area contributed by atoms with Crippen molar-refractivity contribution >= 4 is 11.9 Å². The van der Waals surface area contributed by atoms with Gasteiger partial charge in [-0.3, -0.25) is 9.59 Å². The van der Waals surface area contributed by atoms with Crippen LogP contribution in [0.5, 0.6) is 0 Å². The molecule has 0 aromatic heterocycles. The highest BCUT2D eigenvalue weighted by Crippen LogP contribution is 2.16. The van der Waals surface area contributed by atoms with Gasteiger partial charge in [0, 0.05) is 12.8 Å². The molecule has 0 saturated carbocycles. The number of allylic oxidation sites excluding steroid dienone is 3. The molecular formula is C56H107NO5. The van der Waals surface area contributed by atoms with E-state index in [1.807, 2.05) is 6.08 Å². The predicted molar refractivity (Wildman–Crippen MR) is 269 cm³/mol. The lowest BCUT2D eigenvalue weighted by atomic mass is 10.0. The lowest BCUT2D eigenvalue weighted by Crippen LogP contribution is -2.45. The lowest BCUT2D eigenvalue weighted by molar-refractivity contribution is -0.143. The number of carbonyl (C=O) groups excluding carboxylic acids is 2. The quantitative estimate of drug-likeness (QED) is 0.0321. The molecule has 0 bridgehead atoms. The minimum absolute atomic E-state index is 0.000149. The Morgan fingerprint density at radius 1 is 0.435 bits per heavy atom. The second-order valence-electron chi connectivity index (χ2n) is 18.9. The molecular weight excluding hydrogens is 767 g/mol. The Morgan fingerprint density at radius 2 is 0.758 bits per heavy atom. The van der Waals surface area contributed by atoms with Crippen LogP contribution in [-0.2, 0) is 14.3 Å². The van der Waals surface area contributed by atoms with E-state index in [1.54, 1.807) is 6.08 Å². The molecule has 2 atom stereocenters. The molecule has 0 rings (SSSR count). The summed E-state index contributed by atoms with van der Waals surface area (Å²) in [7, 11) is 0. The van der Waals surface area contributed by atoms with Crippen molar-refractivity contribution in [2.75, 3.05) is 13.2 Å². The van der Waals surface area contributed by atoms with Crippen molar-refractivity contribution in [1.82, 2.24) is 5.32 Å². The minimum Gasteiger partial charge on any atom is -0.466 e. The first-order valence-corrected chi connectivity index (χ1v) is 27.6. The Balaban J connectivity index is 3.46. The summed E-state index contributed by atoms with van der Waals surface area (Å²) in [5.74, 6) is -0.0856. The van der Waals surface area contributed by atoms with Crippen molar-refractivity contribution in [3.63, 3.8) is 0 Å². The van der Waals surface area contributed by atoms with E-state index in [0.29, 0.717) is 19.4 Å². The Hall–Kier alpha value is -1.66. The van der Waals surface area contributed by atoms with Crippen molar-refractivity contribution in [3.05, 3.63) is 24.3 Å². The second-order valence-corrected chi connectivity index (χ2v) is 18.9. The van der Waals surface area contributed by atoms with Crippen molar-refractivity contribution in [2.45, 2.75) is 309 Å². The number of ether oxygens (including phenoxy) is 1. The fraction of sp³-hybridized carbons (Fsp3) is 0.893. The van der Waals surface area contributed by atoms with Gasteiger partial charge in [0.05, 0.1) is 25.4 Å². The molecule has 0 aromatic carbocycles. The van der Waals surface area contributed by atoms with Crippen LogP contribution in [-0.4, -0.2) is 47.4 Å². The summed E-state index contributed by atoms with van der Waals surface area (Å²) in [6.45, 7) is 4.88. The van der Waals surface area contributed by atoms with Crippen molar-refractivity contribution < 1.29 is 24.5 Å². The van der Waals surface area contributed by atoms with Crippen LogP contribution in [0.2, 0.25) is 0 Å². The molecule has 0 aliphatic heterocycles. The number of nitrogens with one attached hydrogen (secondary N) is 1. The molecule has 3 N–H and O–H groups in total. The number of esters is 1. The fourth-order valence-electron chi connectivity index (χ4n) is 8.45. The summed E-state index contributed by atoms with van der Waals surface area (Å²) in [6, 6.07) is -0.638. The number of aliphatic hydroxyl groups excluding tert-OH is 2. The largest absolute Gasteiger partial charge is 0.466 e. The van der Waals surface area contributed by atoms with Gasteiger partial charge in [0.2, 0.25) is 5.91 Å². The monoisotopic (exact) mass is 874 g/mol. The fourth-order valence-corrected chi connectivity index (χ4v) is 8.45. The Labute approximate surface area is 386 Å². The van der Waals surface area contributed by atoms with Crippen molar-refractivity contribution in [2.24, 2.45) is 0 Å². The van der Waals surface area contributed by atoms with Gasteiger partial charge in [0.25, 0.3) is 0 Å². The normalized spacial score (nSPS) is 12.8. The second kappa shape index (κ2) is 52.0. The molecule has 6 heteroatoms. The van der Waals surface area contributed by atoms with E-state index in [2.05, 4.69) is 31.3 Å². The molecule has 0 radical (unpaired) electrons. The van der Waals surface area contributed by atoms with Crippen molar-refractivity contribution in [3.8, 4) is 0 Å². The standard InChI is InChI=1S/C56H107NO5/c1-3-5-7-9-11-13-15-17-18-19-23-26-30-34-38-42-46-50-56(61)62-51-47-43-39-35-31-27-24-21-20-22-25-29-33-37-41-45-49-55(60)57-53(52-58)54(59)48-44-40-36-32-28-16-14-12-10-8-6-4-2/h20,22,44,48,53-54,58-59H,3-19,21,23-43,45-47,49-52H2,1-2H3,(H,57,60)/b22-20-,48-44+. The van der Waals surface area contributed by atoms with E-state index in [9.17, 15) is 19.8 Å². The smallest absolute Gasteiger partial charge is 0.305 e. The topological polar surface area (TPSA) is 95.9 Å². The van der Waals surface area contributed by atoms with E-state index in [4.69, 9.17) is 4.74 Å². The van der Waals surface area contributed by atoms with Gasteiger partial charge in [-0.2, -0.15) is 0 Å². The summed E-state index contributed by atoms with van der Waals surface area (Å²) < 4.78 is 5.48. The number of hydrogen-bond donors (Lipinski definition) is 3. The molecule has 2 unspecified atom stereocenters. The van der Waals surface area contributed by atoms with Gasteiger partial charge in [-0.1, -0.05) is 250 Å². The third-order valence-electron chi connectivity index (χ3n) is 12.7. The van der Waals surface area contributed by atoms with Gasteiger partial charge < -0.3 is 20.3 Å². The zero-order valence-electron chi connectivity index (χ0n) is 41.6. The Kier molecular flexibility index (Phi) is 50.6. The molecule has 366 valence electrons. The van der Waals surface area contributed by atoms with Gasteiger partial charge in [-0.05, 0) is 57.8 Å². The number of unbranched alkanes of at least 4 members (excludes halogenated alkanes) is 38. The van der Waals surface area contributed by atoms with E-state index < -0.39 is 12.1 Å². The summed E-state index contributed by atoms with van der Waals surface area (Å²) >= 11 is 0. The average Bonchev–Trinajstić information content (AvgIpc) is 3.27. The maximum Gasteiger partial charge on any atom is 0.305 e. The van der Waals surface area contributed by atoms with Gasteiger partial charge in [-0.15, -0.1) is 0 Å². The number of hydrogen-bond acceptors (Lipinski definition) is 5. The molecule has 62 heavy (non-hydrogen) atoms. The Morgan fingerprint density at radius 3 is 1.15 bits per heavy atom. The number of rotatable bonds is 51. The van der Waals surface area contributed by atoms with Crippen LogP contribution in [0.25, 0.3) is 0 Å². The van der Waals surface area contributed by atoms with E-state index in [0.717, 1.165) is 64.2 Å². The molecule has 0 fully saturated rings. The average molecular weight is 874 g/mol. The predicted octanol–water partition coefficient (Wildman–Crippen LogP) is 16.7. The molecule has 0 aliphatic rings. The zero-order chi connectivity index (χ0) is 45.1. The third kappa shape index (κ3) is 47.8. The van der Waals surface area contributed by atoms with Gasteiger partial charge in [0.1, 0.15) is 0 Å². The van der Waals surface area contributed by atoms with Crippen LogP contribution in [0.3, 0.4) is 0 Å². The van der Waals surface area contributed by atoms with Crippen LogP contribution < -0.4 is 5.32 Å². The first-order valence-electron chi connectivity index (χ1n) is 27.6. The third-order valence-corrected chi connectivity index (χ3v) is 12.7. The number of carbonyl (C=O) groups is 2. The molecule has 0 aliphatic carbocycles. The van der Waals surface area contributed by atoms with E-state index in [-0.39, 0.29) is 18.5 Å². The van der Waals surface area contributed by atoms with Crippen LogP contribution in [0.15, 0.2) is 24.3 Å². The van der Waals surface area contributed by atoms with Gasteiger partial charge in [0.15, 0.2) is 0 Å². The Bertz CT molecular complexity index is 966. The minimum atomic E-state index is -0.853. The molecule has 0 aromatic rings. The van der Waals surface area contributed by atoms with Crippen molar-refractivity contribution in [1.29, 1.82) is 0 Å². The van der Waals surface area contributed by atoms with E-state index in [1.165, 1.54) is 205 Å². The van der Waals surface area contributed by atoms with Crippen LogP contribution in [0.4, 0.5) is 0 Å². The lowest BCUT2D eigenvalue weighted by Gasteiger charge is -2.20. The zero-order valence-corrected chi connectivity index (χ0v) is 41.6. The SMILES string of the molecule is CCCCCCCCCCCC/C=C/C(O)C(CO)NC(=O)CCCCCCC/C=C\CCCCCCCCCOC(=O)CCCCCCCCCCCCCCCCCCC. The first kappa shape index (κ1) is 60.3. The highest BCUT2D eigenvalue weighted by atomic mass is 16.5. The molecule has 6 nitrogen and oxygen atoms in total. The summed E-state index contributed by atoms with van der Waals surface area (Å²) in [6.07, 6.45) is 61.9. The van der Waals surface area contributed by atoms with Gasteiger partial charge >= 0.3 is 5.97 Å². The maximum absolute atomic E-state index is 12.4.